The molecule has 0 aliphatic carbocycles. The summed E-state index contributed by atoms with van der Waals surface area (Å²) in [6, 6.07) is 54.6. The lowest BCUT2D eigenvalue weighted by atomic mass is 9.87. The van der Waals surface area contributed by atoms with Gasteiger partial charge in [0.2, 0.25) is 0 Å². The van der Waals surface area contributed by atoms with Crippen molar-refractivity contribution < 1.29 is 0 Å². The number of para-hydroxylation sites is 4. The van der Waals surface area contributed by atoms with Gasteiger partial charge in [-0.2, -0.15) is 0 Å². The molecule has 6 aromatic rings. The molecule has 0 unspecified atom stereocenters. The third-order valence-corrected chi connectivity index (χ3v) is 11.7. The Morgan fingerprint density at radius 2 is 0.414 bits per heavy atom. The predicted molar refractivity (Wildman–Crippen MR) is 249 cm³/mol. The number of nitrogens with zero attached hydrogens (tertiary/aromatic N) is 4. The molecule has 0 spiro atoms. The zero-order valence-electron chi connectivity index (χ0n) is 36.6. The third-order valence-electron chi connectivity index (χ3n) is 11.7. The van der Waals surface area contributed by atoms with Gasteiger partial charge in [-0.1, -0.05) is 156 Å². The zero-order chi connectivity index (χ0) is 41.4. The highest BCUT2D eigenvalue weighted by atomic mass is 15.5. The maximum Gasteiger partial charge on any atom is 0.166 e. The van der Waals surface area contributed by atoms with Crippen molar-refractivity contribution in [3.05, 3.63) is 179 Å². The Balaban J connectivity index is 1.48. The Bertz CT molecular complexity index is 2110. The maximum absolute atomic E-state index is 2.48. The van der Waals surface area contributed by atoms with E-state index in [4.69, 9.17) is 0 Å². The van der Waals surface area contributed by atoms with E-state index >= 15 is 0 Å². The summed E-state index contributed by atoms with van der Waals surface area (Å²) in [6.07, 6.45) is 0. The van der Waals surface area contributed by atoms with Crippen molar-refractivity contribution >= 4 is 45.5 Å². The molecule has 0 saturated heterocycles. The van der Waals surface area contributed by atoms with Gasteiger partial charge in [0.05, 0.1) is 22.7 Å². The second-order valence-electron chi connectivity index (χ2n) is 20.2. The molecule has 6 aromatic carbocycles. The van der Waals surface area contributed by atoms with Crippen molar-refractivity contribution in [3.8, 4) is 0 Å². The minimum Gasteiger partial charge on any atom is -0.291 e. The number of benzene rings is 6. The van der Waals surface area contributed by atoms with Crippen LogP contribution in [0.2, 0.25) is 0 Å². The second kappa shape index (κ2) is 14.0. The highest BCUT2D eigenvalue weighted by molar-refractivity contribution is 6.00. The lowest BCUT2D eigenvalue weighted by Crippen LogP contribution is -2.33. The van der Waals surface area contributed by atoms with E-state index in [-0.39, 0.29) is 21.7 Å². The van der Waals surface area contributed by atoms with Crippen molar-refractivity contribution in [2.24, 2.45) is 0 Å². The van der Waals surface area contributed by atoms with Crippen LogP contribution in [-0.4, -0.2) is 0 Å². The smallest absolute Gasteiger partial charge is 0.166 e. The summed E-state index contributed by atoms with van der Waals surface area (Å²) < 4.78 is 0. The Labute approximate surface area is 348 Å². The van der Waals surface area contributed by atoms with Gasteiger partial charge in [0, 0.05) is 22.7 Å². The SMILES string of the molecule is CC(C)(C)c1ccc(N2C(=C3N(c4ccc(C(C)(C)C)cc4)c4ccccc4N3c3ccc(C(C)(C)C)cc3)N(c3ccc(C(C)(C)C)cc3)c3ccccc32)cc1. The third kappa shape index (κ3) is 6.97. The molecule has 0 amide bonds. The number of hydrogen-bond donors (Lipinski definition) is 0. The molecule has 2 aliphatic rings. The summed E-state index contributed by atoms with van der Waals surface area (Å²) in [5.41, 5.74) is 14.3. The van der Waals surface area contributed by atoms with Gasteiger partial charge in [-0.15, -0.1) is 0 Å². The largest absolute Gasteiger partial charge is 0.291 e. The Morgan fingerprint density at radius 3 is 0.569 bits per heavy atom. The van der Waals surface area contributed by atoms with Gasteiger partial charge in [-0.25, -0.2) is 0 Å². The van der Waals surface area contributed by atoms with Gasteiger partial charge < -0.3 is 0 Å². The van der Waals surface area contributed by atoms with Crippen LogP contribution in [0.25, 0.3) is 0 Å². The molecule has 0 bridgehead atoms. The average Bonchev–Trinajstić information content (AvgIpc) is 3.70. The Hall–Kier alpha value is -5.74. The molecule has 0 N–H and O–H groups in total. The molecule has 58 heavy (non-hydrogen) atoms. The number of rotatable bonds is 4. The van der Waals surface area contributed by atoms with Gasteiger partial charge in [-0.3, -0.25) is 19.6 Å². The second-order valence-corrected chi connectivity index (χ2v) is 20.2. The Kier molecular flexibility index (Phi) is 9.42. The summed E-state index contributed by atoms with van der Waals surface area (Å²) in [5.74, 6) is 2.12. The first-order valence-electron chi connectivity index (χ1n) is 20.9. The van der Waals surface area contributed by atoms with E-state index in [2.05, 4.69) is 248 Å². The quantitative estimate of drug-likeness (QED) is 0.177. The van der Waals surface area contributed by atoms with E-state index < -0.39 is 0 Å². The van der Waals surface area contributed by atoms with Crippen LogP contribution >= 0.6 is 0 Å². The van der Waals surface area contributed by atoms with E-state index in [9.17, 15) is 0 Å². The van der Waals surface area contributed by atoms with Gasteiger partial charge in [0.1, 0.15) is 0 Å². The van der Waals surface area contributed by atoms with Crippen LogP contribution in [-0.2, 0) is 21.7 Å². The molecule has 4 heteroatoms. The molecule has 296 valence electrons. The van der Waals surface area contributed by atoms with Crippen LogP contribution in [0.3, 0.4) is 0 Å². The van der Waals surface area contributed by atoms with Crippen molar-refractivity contribution in [1.29, 1.82) is 0 Å². The van der Waals surface area contributed by atoms with Crippen molar-refractivity contribution in [1.82, 2.24) is 0 Å². The summed E-state index contributed by atoms with van der Waals surface area (Å²) in [5, 5.41) is 0. The highest BCUT2D eigenvalue weighted by Gasteiger charge is 2.44. The van der Waals surface area contributed by atoms with Crippen LogP contribution in [0.5, 0.6) is 0 Å². The van der Waals surface area contributed by atoms with Gasteiger partial charge in [-0.05, 0) is 117 Å². The molecule has 2 aliphatic heterocycles. The predicted octanol–water partition coefficient (Wildman–Crippen LogP) is 15.3. The number of fused-ring (bicyclic) bond motifs is 2. The molecule has 0 fully saturated rings. The highest BCUT2D eigenvalue weighted by Crippen LogP contribution is 2.57. The van der Waals surface area contributed by atoms with Crippen LogP contribution < -0.4 is 19.6 Å². The van der Waals surface area contributed by atoms with Crippen LogP contribution in [0, 0.1) is 0 Å². The summed E-state index contributed by atoms with van der Waals surface area (Å²) >= 11 is 0. The molecule has 0 saturated carbocycles. The van der Waals surface area contributed by atoms with Crippen LogP contribution in [0.4, 0.5) is 45.5 Å². The lowest BCUT2D eigenvalue weighted by molar-refractivity contribution is 0.590. The van der Waals surface area contributed by atoms with Gasteiger partial charge in [0.25, 0.3) is 0 Å². The molecule has 8 rings (SSSR count). The first-order valence-corrected chi connectivity index (χ1v) is 20.9. The molecule has 0 atom stereocenters. The minimum atomic E-state index is 0.0305. The lowest BCUT2D eigenvalue weighted by Gasteiger charge is -2.35. The molecular formula is C54H60N4. The first kappa shape index (κ1) is 39.1. The number of anilines is 8. The van der Waals surface area contributed by atoms with Crippen LogP contribution in [0.1, 0.15) is 105 Å². The zero-order valence-corrected chi connectivity index (χ0v) is 36.6. The summed E-state index contributed by atoms with van der Waals surface area (Å²) in [4.78, 5) is 9.92. The van der Waals surface area contributed by atoms with Crippen molar-refractivity contribution in [3.63, 3.8) is 0 Å². The van der Waals surface area contributed by atoms with E-state index in [1.165, 1.54) is 22.3 Å². The molecule has 4 nitrogen and oxygen atoms in total. The summed E-state index contributed by atoms with van der Waals surface area (Å²) in [7, 11) is 0. The summed E-state index contributed by atoms with van der Waals surface area (Å²) in [6.45, 7) is 27.4. The fourth-order valence-corrected chi connectivity index (χ4v) is 8.23. The topological polar surface area (TPSA) is 13.0 Å². The maximum atomic E-state index is 2.48. The Morgan fingerprint density at radius 1 is 0.241 bits per heavy atom. The average molecular weight is 765 g/mol. The minimum absolute atomic E-state index is 0.0305. The van der Waals surface area contributed by atoms with E-state index in [0.29, 0.717) is 0 Å². The fourth-order valence-electron chi connectivity index (χ4n) is 8.23. The fraction of sp³-hybridized carbons (Fsp3) is 0.296. The van der Waals surface area contributed by atoms with Crippen molar-refractivity contribution in [2.75, 3.05) is 19.6 Å². The normalized spacial score (nSPS) is 14.7. The standard InChI is InChI=1S/C54H60N4/c1-51(2,3)37-21-29-41(30-22-37)55-45-17-13-14-18-46(45)56(42-31-23-38(24-32-42)52(4,5)6)49(55)50-57(43-33-25-39(26-34-43)53(7,8)9)47-19-15-16-20-48(47)58(50)44-35-27-40(28-36-44)54(10,11)12/h13-36H,1-12H3. The van der Waals surface area contributed by atoms with Crippen LogP contribution in [0.15, 0.2) is 157 Å². The molecular weight excluding hydrogens is 705 g/mol. The number of hydrogen-bond acceptors (Lipinski definition) is 4. The first-order chi connectivity index (χ1) is 27.3. The van der Waals surface area contributed by atoms with Gasteiger partial charge in [0.15, 0.2) is 11.6 Å². The molecule has 2 heterocycles. The molecule has 0 radical (unpaired) electrons. The molecule has 0 aromatic heterocycles. The van der Waals surface area contributed by atoms with Crippen molar-refractivity contribution in [2.45, 2.75) is 105 Å². The van der Waals surface area contributed by atoms with Gasteiger partial charge >= 0.3 is 0 Å². The van der Waals surface area contributed by atoms with E-state index in [1.54, 1.807) is 0 Å². The monoisotopic (exact) mass is 764 g/mol. The van der Waals surface area contributed by atoms with E-state index in [0.717, 1.165) is 57.1 Å². The van der Waals surface area contributed by atoms with E-state index in [1.807, 2.05) is 0 Å².